The second-order valence-electron chi connectivity index (χ2n) is 4.01. The monoisotopic (exact) mass is 261 g/mol. The Kier molecular flexibility index (Phi) is 2.77. The first kappa shape index (κ1) is 11.3. The van der Waals surface area contributed by atoms with Crippen LogP contribution >= 0.6 is 11.6 Å². The number of hydrogen-bond donors (Lipinski definition) is 3. The number of benzene rings is 1. The van der Waals surface area contributed by atoms with Crippen molar-refractivity contribution in [1.29, 1.82) is 0 Å². The van der Waals surface area contributed by atoms with Crippen LogP contribution in [0.25, 0.3) is 22.3 Å². The molecule has 0 aliphatic rings. The second-order valence-corrected chi connectivity index (χ2v) is 4.39. The van der Waals surface area contributed by atoms with Crippen LogP contribution in [-0.4, -0.2) is 27.0 Å². The van der Waals surface area contributed by atoms with Crippen LogP contribution in [0.4, 0.5) is 0 Å². The summed E-state index contributed by atoms with van der Waals surface area (Å²) in [6.45, 7) is 0.659. The molecule has 0 atom stereocenters. The molecule has 5 nitrogen and oxygen atoms in total. The summed E-state index contributed by atoms with van der Waals surface area (Å²) in [4.78, 5) is 14.8. The summed E-state index contributed by atoms with van der Waals surface area (Å²) in [6, 6.07) is 5.91. The van der Waals surface area contributed by atoms with Crippen LogP contribution in [0.1, 0.15) is 5.82 Å². The lowest BCUT2D eigenvalue weighted by atomic mass is 10.1. The van der Waals surface area contributed by atoms with E-state index in [0.29, 0.717) is 11.7 Å². The Morgan fingerprint density at radius 3 is 3.11 bits per heavy atom. The molecule has 2 aromatic heterocycles. The van der Waals surface area contributed by atoms with Crippen molar-refractivity contribution in [2.75, 3.05) is 7.05 Å². The Morgan fingerprint density at radius 1 is 1.39 bits per heavy atom. The highest BCUT2D eigenvalue weighted by molar-refractivity contribution is 6.32. The first-order valence-corrected chi connectivity index (χ1v) is 5.98. The maximum atomic E-state index is 6.17. The predicted octanol–water partition coefficient (Wildman–Crippen LogP) is 2.33. The van der Waals surface area contributed by atoms with Gasteiger partial charge in [-0.1, -0.05) is 17.7 Å². The van der Waals surface area contributed by atoms with Gasteiger partial charge in [0.15, 0.2) is 0 Å². The van der Waals surface area contributed by atoms with Gasteiger partial charge < -0.3 is 15.3 Å². The quantitative estimate of drug-likeness (QED) is 0.678. The molecule has 3 N–H and O–H groups in total. The third-order valence-corrected chi connectivity index (χ3v) is 3.02. The number of aromatic amines is 2. The molecule has 0 aliphatic carbocycles. The molecule has 0 spiro atoms. The Bertz CT molecular complexity index is 685. The van der Waals surface area contributed by atoms with Crippen LogP contribution in [-0.2, 0) is 6.54 Å². The van der Waals surface area contributed by atoms with Gasteiger partial charge in [0.05, 0.1) is 23.9 Å². The van der Waals surface area contributed by atoms with Gasteiger partial charge in [0.25, 0.3) is 0 Å². The normalized spacial score (nSPS) is 11.2. The number of fused-ring (bicyclic) bond motifs is 1. The van der Waals surface area contributed by atoms with Crippen molar-refractivity contribution in [3.8, 4) is 11.3 Å². The molecule has 0 unspecified atom stereocenters. The minimum absolute atomic E-state index is 0.555. The molecule has 0 fully saturated rings. The highest BCUT2D eigenvalue weighted by atomic mass is 35.5. The van der Waals surface area contributed by atoms with Crippen molar-refractivity contribution >= 4 is 22.6 Å². The van der Waals surface area contributed by atoms with Crippen LogP contribution in [0.2, 0.25) is 5.15 Å². The number of aromatic nitrogens is 4. The fourth-order valence-corrected chi connectivity index (χ4v) is 2.18. The molecule has 0 saturated heterocycles. The lowest BCUT2D eigenvalue weighted by Gasteiger charge is -1.97. The van der Waals surface area contributed by atoms with Gasteiger partial charge >= 0.3 is 0 Å². The topological polar surface area (TPSA) is 69.4 Å². The van der Waals surface area contributed by atoms with Crippen molar-refractivity contribution in [2.45, 2.75) is 6.54 Å². The first-order valence-electron chi connectivity index (χ1n) is 5.60. The van der Waals surface area contributed by atoms with E-state index in [9.17, 15) is 0 Å². The SMILES string of the molecule is CNCc1nc(-c2ccc3nc[nH]c3c2)c(Cl)[nH]1. The lowest BCUT2D eigenvalue weighted by molar-refractivity contribution is 0.772. The molecular formula is C12H12ClN5. The molecule has 1 aromatic carbocycles. The van der Waals surface area contributed by atoms with Crippen molar-refractivity contribution in [2.24, 2.45) is 0 Å². The summed E-state index contributed by atoms with van der Waals surface area (Å²) < 4.78 is 0. The van der Waals surface area contributed by atoms with E-state index in [2.05, 4.69) is 25.3 Å². The highest BCUT2D eigenvalue weighted by Gasteiger charge is 2.11. The molecule has 3 aromatic rings. The van der Waals surface area contributed by atoms with E-state index in [1.807, 2.05) is 25.2 Å². The Morgan fingerprint density at radius 2 is 2.28 bits per heavy atom. The zero-order valence-corrected chi connectivity index (χ0v) is 10.5. The zero-order chi connectivity index (χ0) is 12.5. The summed E-state index contributed by atoms with van der Waals surface area (Å²) in [5.74, 6) is 0.821. The van der Waals surface area contributed by atoms with Gasteiger partial charge in [-0.05, 0) is 19.2 Å². The number of imidazole rings is 2. The minimum Gasteiger partial charge on any atom is -0.345 e. The predicted molar refractivity (Wildman–Crippen MR) is 71.4 cm³/mol. The van der Waals surface area contributed by atoms with Gasteiger partial charge in [0.1, 0.15) is 16.7 Å². The number of halogens is 1. The van der Waals surface area contributed by atoms with E-state index in [4.69, 9.17) is 11.6 Å². The third-order valence-electron chi connectivity index (χ3n) is 2.75. The smallest absolute Gasteiger partial charge is 0.134 e. The first-order chi connectivity index (χ1) is 8.78. The standard InChI is InChI=1S/C12H12ClN5/c1-14-5-10-17-11(12(13)18-10)7-2-3-8-9(4-7)16-6-15-8/h2-4,6,14H,5H2,1H3,(H,15,16)(H,17,18). The van der Waals surface area contributed by atoms with Gasteiger partial charge in [-0.2, -0.15) is 0 Å². The molecule has 0 amide bonds. The van der Waals surface area contributed by atoms with E-state index in [1.54, 1.807) is 6.33 Å². The summed E-state index contributed by atoms with van der Waals surface area (Å²) >= 11 is 6.17. The fraction of sp³-hybridized carbons (Fsp3) is 0.167. The number of nitrogens with zero attached hydrogens (tertiary/aromatic N) is 2. The third kappa shape index (κ3) is 1.87. The molecular weight excluding hydrogens is 250 g/mol. The van der Waals surface area contributed by atoms with Crippen molar-refractivity contribution in [1.82, 2.24) is 25.3 Å². The largest absolute Gasteiger partial charge is 0.345 e. The van der Waals surface area contributed by atoms with Crippen LogP contribution in [0.15, 0.2) is 24.5 Å². The Labute approximate surface area is 109 Å². The average molecular weight is 262 g/mol. The van der Waals surface area contributed by atoms with E-state index in [0.717, 1.165) is 28.1 Å². The summed E-state index contributed by atoms with van der Waals surface area (Å²) in [6.07, 6.45) is 1.67. The molecule has 3 rings (SSSR count). The van der Waals surface area contributed by atoms with E-state index >= 15 is 0 Å². The van der Waals surface area contributed by atoms with Crippen molar-refractivity contribution in [3.05, 3.63) is 35.5 Å². The molecule has 2 heterocycles. The van der Waals surface area contributed by atoms with E-state index in [-0.39, 0.29) is 0 Å². The summed E-state index contributed by atoms with van der Waals surface area (Å²) in [5, 5.41) is 3.59. The van der Waals surface area contributed by atoms with Gasteiger partial charge in [0.2, 0.25) is 0 Å². The molecule has 92 valence electrons. The molecule has 0 radical (unpaired) electrons. The molecule has 18 heavy (non-hydrogen) atoms. The molecule has 0 aliphatic heterocycles. The second kappa shape index (κ2) is 4.44. The van der Waals surface area contributed by atoms with Gasteiger partial charge in [-0.3, -0.25) is 0 Å². The van der Waals surface area contributed by atoms with E-state index < -0.39 is 0 Å². The van der Waals surface area contributed by atoms with E-state index in [1.165, 1.54) is 0 Å². The Hall–Kier alpha value is -1.85. The maximum Gasteiger partial charge on any atom is 0.134 e. The van der Waals surface area contributed by atoms with Crippen LogP contribution in [0.5, 0.6) is 0 Å². The minimum atomic E-state index is 0.555. The number of rotatable bonds is 3. The summed E-state index contributed by atoms with van der Waals surface area (Å²) in [5.41, 5.74) is 3.64. The Balaban J connectivity index is 2.07. The van der Waals surface area contributed by atoms with Gasteiger partial charge in [0, 0.05) is 5.56 Å². The fourth-order valence-electron chi connectivity index (χ4n) is 1.92. The number of nitrogens with one attached hydrogen (secondary N) is 3. The van der Waals surface area contributed by atoms with Crippen LogP contribution < -0.4 is 5.32 Å². The maximum absolute atomic E-state index is 6.17. The lowest BCUT2D eigenvalue weighted by Crippen LogP contribution is -2.06. The highest BCUT2D eigenvalue weighted by Crippen LogP contribution is 2.27. The number of H-pyrrole nitrogens is 2. The van der Waals surface area contributed by atoms with Gasteiger partial charge in [-0.25, -0.2) is 9.97 Å². The molecule has 0 bridgehead atoms. The van der Waals surface area contributed by atoms with Crippen LogP contribution in [0.3, 0.4) is 0 Å². The number of hydrogen-bond acceptors (Lipinski definition) is 3. The average Bonchev–Trinajstić information content (AvgIpc) is 2.95. The van der Waals surface area contributed by atoms with Crippen molar-refractivity contribution in [3.63, 3.8) is 0 Å². The van der Waals surface area contributed by atoms with Crippen molar-refractivity contribution < 1.29 is 0 Å². The van der Waals surface area contributed by atoms with Gasteiger partial charge in [-0.15, -0.1) is 0 Å². The van der Waals surface area contributed by atoms with Crippen LogP contribution in [0, 0.1) is 0 Å². The molecule has 6 heteroatoms. The molecule has 0 saturated carbocycles. The zero-order valence-electron chi connectivity index (χ0n) is 9.79. The summed E-state index contributed by atoms with van der Waals surface area (Å²) in [7, 11) is 1.87.